The lowest BCUT2D eigenvalue weighted by atomic mass is 9.90. The Morgan fingerprint density at radius 1 is 0.726 bits per heavy atom. The number of carbonyl (C=O) groups excluding carboxylic acids is 5. The monoisotopic (exact) mass is 862 g/mol. The van der Waals surface area contributed by atoms with E-state index in [-0.39, 0.29) is 63.4 Å². The highest BCUT2D eigenvalue weighted by atomic mass is 16.6. The third kappa shape index (κ3) is 20.7. The van der Waals surface area contributed by atoms with Crippen LogP contribution in [0.2, 0.25) is 0 Å². The van der Waals surface area contributed by atoms with Crippen LogP contribution < -0.4 is 42.4 Å². The van der Waals surface area contributed by atoms with E-state index in [4.69, 9.17) is 24.7 Å². The second-order valence-corrected chi connectivity index (χ2v) is 14.9. The van der Waals surface area contributed by atoms with Crippen molar-refractivity contribution in [2.24, 2.45) is 10.7 Å². The number of hydrogen-bond acceptors (Lipinski definition) is 10. The Labute approximate surface area is 363 Å². The van der Waals surface area contributed by atoms with Crippen LogP contribution in [0.3, 0.4) is 0 Å². The Bertz CT molecular complexity index is 1870. The van der Waals surface area contributed by atoms with E-state index in [9.17, 15) is 29.1 Å². The number of ether oxygens (including phenoxy) is 4. The minimum Gasteiger partial charge on any atom is -0.508 e. The molecule has 18 heteroatoms. The van der Waals surface area contributed by atoms with Crippen molar-refractivity contribution in [3.05, 3.63) is 95.6 Å². The number of nitrogens with two attached hydrogens (primary N) is 1. The van der Waals surface area contributed by atoms with E-state index < -0.39 is 41.5 Å². The summed E-state index contributed by atoms with van der Waals surface area (Å²) in [5, 5.41) is 26.2. The minimum atomic E-state index is -0.964. The van der Waals surface area contributed by atoms with Gasteiger partial charge in [-0.15, -0.1) is 0 Å². The first kappa shape index (κ1) is 50.0. The number of amides is 6. The van der Waals surface area contributed by atoms with E-state index in [1.807, 2.05) is 36.4 Å². The lowest BCUT2D eigenvalue weighted by Gasteiger charge is -2.24. The summed E-state index contributed by atoms with van der Waals surface area (Å²) < 4.78 is 22.3. The summed E-state index contributed by atoms with van der Waals surface area (Å²) in [6.45, 7) is 9.71. The second kappa shape index (κ2) is 27.4. The average Bonchev–Trinajstić information content (AvgIpc) is 3.23. The smallest absolute Gasteiger partial charge is 0.407 e. The summed E-state index contributed by atoms with van der Waals surface area (Å²) in [7, 11) is 0. The molecule has 0 aromatic heterocycles. The number of benzene rings is 3. The van der Waals surface area contributed by atoms with Gasteiger partial charge < -0.3 is 61.7 Å². The fourth-order valence-electron chi connectivity index (χ4n) is 5.66. The molecule has 0 aliphatic rings. The number of aliphatic imine (C=N–C) groups is 1. The molecule has 18 nitrogen and oxygen atoms in total. The van der Waals surface area contributed by atoms with E-state index >= 15 is 0 Å². The third-order valence-corrected chi connectivity index (χ3v) is 8.65. The number of hydrogen-bond donors (Lipinski definition) is 8. The van der Waals surface area contributed by atoms with Gasteiger partial charge in [0.1, 0.15) is 29.7 Å². The SMILES string of the molecule is CCC(=O)NCCNC(=O)/N=C(/N)NCCC[C@@H](NC(=O)C(c1ccccc1)c1cccc(OCCOCCOCCNC(=O)OC(C)(C)C)c1)C(=O)NCc1ccc(O)cc1. The van der Waals surface area contributed by atoms with Crippen LogP contribution >= 0.6 is 0 Å². The molecule has 0 saturated heterocycles. The molecule has 3 rings (SSSR count). The summed E-state index contributed by atoms with van der Waals surface area (Å²) in [5.41, 5.74) is 7.42. The van der Waals surface area contributed by atoms with E-state index in [1.165, 1.54) is 12.1 Å². The predicted octanol–water partition coefficient (Wildman–Crippen LogP) is 3.18. The fraction of sp³-hybridized carbons (Fsp3) is 0.455. The first-order valence-corrected chi connectivity index (χ1v) is 20.6. The van der Waals surface area contributed by atoms with Gasteiger partial charge in [0.2, 0.25) is 17.7 Å². The van der Waals surface area contributed by atoms with Crippen molar-refractivity contribution in [1.82, 2.24) is 31.9 Å². The number of nitrogens with zero attached hydrogens (tertiary/aromatic N) is 1. The Hall–Kier alpha value is -6.40. The number of nitrogens with one attached hydrogen (secondary N) is 6. The molecule has 9 N–H and O–H groups in total. The number of aromatic hydroxyl groups is 1. The zero-order valence-corrected chi connectivity index (χ0v) is 36.0. The highest BCUT2D eigenvalue weighted by Gasteiger charge is 2.28. The van der Waals surface area contributed by atoms with Crippen molar-refractivity contribution >= 4 is 35.8 Å². The summed E-state index contributed by atoms with van der Waals surface area (Å²) in [6, 6.07) is 21.1. The first-order chi connectivity index (χ1) is 29.7. The zero-order chi connectivity index (χ0) is 45.2. The van der Waals surface area contributed by atoms with Crippen molar-refractivity contribution in [2.75, 3.05) is 59.2 Å². The largest absolute Gasteiger partial charge is 0.508 e. The van der Waals surface area contributed by atoms with Crippen LogP contribution in [0, 0.1) is 0 Å². The molecular weight excluding hydrogens is 801 g/mol. The molecule has 0 fully saturated rings. The van der Waals surface area contributed by atoms with Crippen LogP contribution in [0.1, 0.15) is 69.6 Å². The lowest BCUT2D eigenvalue weighted by Crippen LogP contribution is -2.48. The lowest BCUT2D eigenvalue weighted by molar-refractivity contribution is -0.129. The zero-order valence-electron chi connectivity index (χ0n) is 36.0. The Morgan fingerprint density at radius 2 is 1.40 bits per heavy atom. The van der Waals surface area contributed by atoms with Gasteiger partial charge >= 0.3 is 12.1 Å². The molecule has 0 saturated carbocycles. The van der Waals surface area contributed by atoms with Crippen molar-refractivity contribution in [3.8, 4) is 11.5 Å². The number of rotatable bonds is 25. The maximum Gasteiger partial charge on any atom is 0.407 e. The highest BCUT2D eigenvalue weighted by Crippen LogP contribution is 2.28. The van der Waals surface area contributed by atoms with Crippen molar-refractivity contribution < 1.29 is 48.0 Å². The number of phenols is 1. The maximum atomic E-state index is 14.3. The number of phenolic OH excluding ortho intramolecular Hbond substituents is 1. The van der Waals surface area contributed by atoms with Crippen molar-refractivity contribution in [2.45, 2.75) is 71.1 Å². The number of alkyl carbamates (subject to hydrolysis) is 1. The summed E-state index contributed by atoms with van der Waals surface area (Å²) in [6.07, 6.45) is 0.395. The van der Waals surface area contributed by atoms with Gasteiger partial charge in [0, 0.05) is 39.1 Å². The average molecular weight is 863 g/mol. The number of urea groups is 1. The molecule has 0 radical (unpaired) electrons. The molecule has 2 atom stereocenters. The molecule has 3 aromatic carbocycles. The van der Waals surface area contributed by atoms with E-state index in [0.717, 1.165) is 5.56 Å². The van der Waals surface area contributed by atoms with Gasteiger partial charge in [0.25, 0.3) is 0 Å². The normalized spacial score (nSPS) is 12.3. The number of guanidine groups is 1. The van der Waals surface area contributed by atoms with Gasteiger partial charge in [0.15, 0.2) is 5.96 Å². The third-order valence-electron chi connectivity index (χ3n) is 8.65. The molecule has 6 amide bonds. The molecule has 0 aliphatic heterocycles. The molecule has 0 aliphatic carbocycles. The molecule has 3 aromatic rings. The van der Waals surface area contributed by atoms with Crippen molar-refractivity contribution in [3.63, 3.8) is 0 Å². The fourth-order valence-corrected chi connectivity index (χ4v) is 5.66. The van der Waals surface area contributed by atoms with E-state index in [2.05, 4.69) is 36.9 Å². The minimum absolute atomic E-state index is 0.0954. The van der Waals surface area contributed by atoms with Gasteiger partial charge in [-0.25, -0.2) is 9.59 Å². The standard InChI is InChI=1S/C44H62N8O10/c1-5-37(54)46-21-22-48-42(57)52-41(45)47-20-10-15-36(39(55)50-30-31-16-18-34(53)19-17-31)51-40(56)38(32-11-7-6-8-12-32)33-13-9-14-35(29-33)61-28-27-60-26-25-59-24-23-49-43(58)62-44(2,3)4/h6-9,11-14,16-19,29,36,38,53H,5,10,15,20-28,30H2,1-4H3,(H,46,54)(H,49,58)(H,50,55)(H,51,56)(H4,45,47,48,52,57)/t36-,38?/m1/s1. The van der Waals surface area contributed by atoms with Crippen LogP contribution in [0.25, 0.3) is 0 Å². The molecule has 338 valence electrons. The van der Waals surface area contributed by atoms with Gasteiger partial charge in [-0.05, 0) is 74.6 Å². The second-order valence-electron chi connectivity index (χ2n) is 14.9. The molecule has 0 bridgehead atoms. The molecule has 1 unspecified atom stereocenters. The Kier molecular flexibility index (Phi) is 22.1. The Balaban J connectivity index is 1.60. The highest BCUT2D eigenvalue weighted by molar-refractivity contribution is 5.93. The van der Waals surface area contributed by atoms with Crippen LogP contribution in [-0.2, 0) is 35.1 Å². The molecule has 62 heavy (non-hydrogen) atoms. The van der Waals surface area contributed by atoms with Crippen molar-refractivity contribution in [1.29, 1.82) is 0 Å². The van der Waals surface area contributed by atoms with Gasteiger partial charge in [-0.3, -0.25) is 14.4 Å². The maximum absolute atomic E-state index is 14.3. The van der Waals surface area contributed by atoms with Crippen LogP contribution in [0.5, 0.6) is 11.5 Å². The molecular formula is C44H62N8O10. The van der Waals surface area contributed by atoms with Crippen LogP contribution in [-0.4, -0.2) is 112 Å². The van der Waals surface area contributed by atoms with Gasteiger partial charge in [-0.1, -0.05) is 61.5 Å². The molecule has 0 heterocycles. The predicted molar refractivity (Wildman–Crippen MR) is 234 cm³/mol. The molecule has 0 spiro atoms. The van der Waals surface area contributed by atoms with Gasteiger partial charge in [-0.2, -0.15) is 4.99 Å². The Morgan fingerprint density at radius 3 is 2.11 bits per heavy atom. The van der Waals surface area contributed by atoms with Gasteiger partial charge in [0.05, 0.1) is 32.3 Å². The topological polar surface area (TPSA) is 253 Å². The first-order valence-electron chi connectivity index (χ1n) is 20.6. The summed E-state index contributed by atoms with van der Waals surface area (Å²) in [5.74, 6) is -1.29. The van der Waals surface area contributed by atoms with E-state index in [1.54, 1.807) is 58.0 Å². The van der Waals surface area contributed by atoms with E-state index in [0.29, 0.717) is 56.1 Å². The quantitative estimate of drug-likeness (QED) is 0.0348. The summed E-state index contributed by atoms with van der Waals surface area (Å²) in [4.78, 5) is 66.9. The van der Waals surface area contributed by atoms with Crippen LogP contribution in [0.15, 0.2) is 83.9 Å². The summed E-state index contributed by atoms with van der Waals surface area (Å²) >= 11 is 0. The number of carbonyl (C=O) groups is 5. The van der Waals surface area contributed by atoms with Crippen LogP contribution in [0.4, 0.5) is 9.59 Å².